The fraction of sp³-hybridized carbons (Fsp3) is 0.381. The Bertz CT molecular complexity index is 763. The highest BCUT2D eigenvalue weighted by molar-refractivity contribution is 14.0. The van der Waals surface area contributed by atoms with Crippen LogP contribution < -0.4 is 16.0 Å². The van der Waals surface area contributed by atoms with Gasteiger partial charge in [-0.25, -0.2) is 0 Å². The maximum atomic E-state index is 12.0. The minimum Gasteiger partial charge on any atom is -0.356 e. The van der Waals surface area contributed by atoms with Gasteiger partial charge < -0.3 is 16.0 Å². The van der Waals surface area contributed by atoms with Crippen molar-refractivity contribution in [1.82, 2.24) is 20.9 Å². The van der Waals surface area contributed by atoms with E-state index in [4.69, 9.17) is 0 Å². The van der Waals surface area contributed by atoms with E-state index >= 15 is 0 Å². The number of halogens is 1. The molecule has 0 spiro atoms. The van der Waals surface area contributed by atoms with Gasteiger partial charge in [0.05, 0.1) is 5.56 Å². The van der Waals surface area contributed by atoms with E-state index in [1.165, 1.54) is 24.8 Å². The number of guanidine groups is 1. The number of hydrogen-bond donors (Lipinski definition) is 3. The van der Waals surface area contributed by atoms with Gasteiger partial charge in [-0.05, 0) is 30.5 Å². The maximum Gasteiger partial charge on any atom is 0.252 e. The summed E-state index contributed by atoms with van der Waals surface area (Å²) in [6.45, 7) is 1.97. The van der Waals surface area contributed by atoms with Crippen LogP contribution in [-0.4, -0.2) is 43.5 Å². The number of nitrogens with zero attached hydrogens (tertiary/aromatic N) is 2. The summed E-state index contributed by atoms with van der Waals surface area (Å²) in [6.07, 6.45) is 6.87. The van der Waals surface area contributed by atoms with Gasteiger partial charge in [0, 0.05) is 44.5 Å². The van der Waals surface area contributed by atoms with Crippen molar-refractivity contribution in [1.29, 1.82) is 0 Å². The second-order valence-corrected chi connectivity index (χ2v) is 6.85. The third-order valence-corrected chi connectivity index (χ3v) is 5.14. The van der Waals surface area contributed by atoms with Crippen molar-refractivity contribution in [3.05, 3.63) is 66.0 Å². The van der Waals surface area contributed by atoms with Crippen molar-refractivity contribution in [2.75, 3.05) is 26.7 Å². The molecule has 1 amide bonds. The lowest BCUT2D eigenvalue weighted by molar-refractivity contribution is 0.0954. The molecule has 3 N–H and O–H groups in total. The molecule has 1 aliphatic carbocycles. The number of pyridine rings is 1. The molecule has 0 atom stereocenters. The zero-order chi connectivity index (χ0) is 19.0. The Labute approximate surface area is 183 Å². The van der Waals surface area contributed by atoms with Gasteiger partial charge in [0.25, 0.3) is 5.91 Å². The number of nitrogens with one attached hydrogen (secondary N) is 3. The molecule has 1 saturated carbocycles. The highest BCUT2D eigenvalue weighted by Crippen LogP contribution is 2.43. The topological polar surface area (TPSA) is 78.4 Å². The Morgan fingerprint density at radius 2 is 1.82 bits per heavy atom. The first kappa shape index (κ1) is 22.1. The predicted octanol–water partition coefficient (Wildman–Crippen LogP) is 2.72. The van der Waals surface area contributed by atoms with Crippen LogP contribution in [-0.2, 0) is 5.41 Å². The number of aromatic nitrogens is 1. The largest absolute Gasteiger partial charge is 0.356 e. The van der Waals surface area contributed by atoms with Gasteiger partial charge in [0.15, 0.2) is 5.96 Å². The molecular formula is C21H28IN5O. The van der Waals surface area contributed by atoms with Gasteiger partial charge in [-0.1, -0.05) is 36.8 Å². The predicted molar refractivity (Wildman–Crippen MR) is 123 cm³/mol. The second kappa shape index (κ2) is 11.0. The van der Waals surface area contributed by atoms with E-state index in [-0.39, 0.29) is 35.3 Å². The molecular weight excluding hydrogens is 465 g/mol. The van der Waals surface area contributed by atoms with Crippen LogP contribution in [0.15, 0.2) is 59.9 Å². The third-order valence-electron chi connectivity index (χ3n) is 5.14. The van der Waals surface area contributed by atoms with Crippen molar-refractivity contribution in [2.24, 2.45) is 4.99 Å². The Morgan fingerprint density at radius 3 is 2.43 bits per heavy atom. The summed E-state index contributed by atoms with van der Waals surface area (Å²) in [6, 6.07) is 14.2. The van der Waals surface area contributed by atoms with Crippen LogP contribution in [0.1, 0.15) is 35.2 Å². The van der Waals surface area contributed by atoms with E-state index in [0.717, 1.165) is 12.5 Å². The number of aliphatic imine (C=N–C) groups is 1. The van der Waals surface area contributed by atoms with Gasteiger partial charge in [-0.3, -0.25) is 14.8 Å². The summed E-state index contributed by atoms with van der Waals surface area (Å²) >= 11 is 0. The van der Waals surface area contributed by atoms with Crippen molar-refractivity contribution in [2.45, 2.75) is 24.7 Å². The summed E-state index contributed by atoms with van der Waals surface area (Å²) in [5, 5.41) is 9.58. The average molecular weight is 493 g/mol. The highest BCUT2D eigenvalue weighted by atomic mass is 127. The van der Waals surface area contributed by atoms with Crippen molar-refractivity contribution >= 4 is 35.8 Å². The Balaban J connectivity index is 0.00000280. The molecule has 0 unspecified atom stereocenters. The van der Waals surface area contributed by atoms with E-state index in [9.17, 15) is 4.79 Å². The maximum absolute atomic E-state index is 12.0. The highest BCUT2D eigenvalue weighted by Gasteiger charge is 2.38. The Morgan fingerprint density at radius 1 is 1.07 bits per heavy atom. The van der Waals surface area contributed by atoms with Crippen LogP contribution in [0.2, 0.25) is 0 Å². The molecule has 1 fully saturated rings. The van der Waals surface area contributed by atoms with Crippen LogP contribution in [0.3, 0.4) is 0 Å². The molecule has 28 heavy (non-hydrogen) atoms. The van der Waals surface area contributed by atoms with Crippen LogP contribution >= 0.6 is 24.0 Å². The van der Waals surface area contributed by atoms with Gasteiger partial charge in [0.2, 0.25) is 0 Å². The third kappa shape index (κ3) is 5.67. The SMILES string of the molecule is CN=C(NCCNC(=O)c1cccnc1)NCC1(c2ccccc2)CCC1.I. The lowest BCUT2D eigenvalue weighted by Crippen LogP contribution is -2.49. The summed E-state index contributed by atoms with van der Waals surface area (Å²) in [5.74, 6) is 0.637. The molecule has 1 heterocycles. The summed E-state index contributed by atoms with van der Waals surface area (Å²) in [7, 11) is 1.76. The second-order valence-electron chi connectivity index (χ2n) is 6.85. The standard InChI is InChI=1S/C21H27N5O.HI/c1-22-20(25-14-13-24-19(27)17-7-5-12-23-15-17)26-16-21(10-6-11-21)18-8-3-2-4-9-18;/h2-5,7-9,12,15H,6,10-11,13-14,16H2,1H3,(H,24,27)(H2,22,25,26);1H. The number of carbonyl (C=O) groups is 1. The fourth-order valence-corrected chi connectivity index (χ4v) is 3.39. The number of rotatable bonds is 7. The molecule has 1 aliphatic rings. The molecule has 0 radical (unpaired) electrons. The van der Waals surface area contributed by atoms with Crippen LogP contribution in [0, 0.1) is 0 Å². The first-order chi connectivity index (χ1) is 13.2. The molecule has 3 rings (SSSR count). The number of amides is 1. The zero-order valence-electron chi connectivity index (χ0n) is 16.1. The van der Waals surface area contributed by atoms with Gasteiger partial charge in [-0.2, -0.15) is 0 Å². The molecule has 2 aromatic rings. The van der Waals surface area contributed by atoms with Crippen molar-refractivity contribution in [3.8, 4) is 0 Å². The van der Waals surface area contributed by atoms with Gasteiger partial charge >= 0.3 is 0 Å². The van der Waals surface area contributed by atoms with E-state index in [1.54, 1.807) is 31.6 Å². The quantitative estimate of drug-likeness (QED) is 0.240. The van der Waals surface area contributed by atoms with Crippen molar-refractivity contribution in [3.63, 3.8) is 0 Å². The monoisotopic (exact) mass is 493 g/mol. The molecule has 0 bridgehead atoms. The first-order valence-corrected chi connectivity index (χ1v) is 9.42. The molecule has 0 aliphatic heterocycles. The lowest BCUT2D eigenvalue weighted by atomic mass is 9.64. The summed E-state index contributed by atoms with van der Waals surface area (Å²) < 4.78 is 0. The van der Waals surface area contributed by atoms with Crippen molar-refractivity contribution < 1.29 is 4.79 Å². The van der Waals surface area contributed by atoms with Crippen LogP contribution in [0.25, 0.3) is 0 Å². The molecule has 6 nitrogen and oxygen atoms in total. The summed E-state index contributed by atoms with van der Waals surface area (Å²) in [5.41, 5.74) is 2.16. The zero-order valence-corrected chi connectivity index (χ0v) is 18.5. The minimum absolute atomic E-state index is 0. The van der Waals surface area contributed by atoms with Crippen LogP contribution in [0.4, 0.5) is 0 Å². The van der Waals surface area contributed by atoms with E-state index in [1.807, 2.05) is 0 Å². The van der Waals surface area contributed by atoms with Crippen LogP contribution in [0.5, 0.6) is 0 Å². The Kier molecular flexibility index (Phi) is 8.69. The molecule has 7 heteroatoms. The smallest absolute Gasteiger partial charge is 0.252 e. The molecule has 150 valence electrons. The molecule has 1 aromatic heterocycles. The minimum atomic E-state index is -0.120. The number of benzene rings is 1. The fourth-order valence-electron chi connectivity index (χ4n) is 3.39. The Hall–Kier alpha value is -2.16. The number of carbonyl (C=O) groups excluding carboxylic acids is 1. The first-order valence-electron chi connectivity index (χ1n) is 9.42. The summed E-state index contributed by atoms with van der Waals surface area (Å²) in [4.78, 5) is 20.2. The normalized spacial score (nSPS) is 15.0. The van der Waals surface area contributed by atoms with E-state index < -0.39 is 0 Å². The molecule has 0 saturated heterocycles. The van der Waals surface area contributed by atoms with Gasteiger partial charge in [0.1, 0.15) is 0 Å². The molecule has 1 aromatic carbocycles. The van der Waals surface area contributed by atoms with E-state index in [0.29, 0.717) is 18.7 Å². The van der Waals surface area contributed by atoms with E-state index in [2.05, 4.69) is 56.3 Å². The lowest BCUT2D eigenvalue weighted by Gasteiger charge is -2.43. The average Bonchev–Trinajstić information content (AvgIpc) is 2.70. The number of hydrogen-bond acceptors (Lipinski definition) is 3. The van der Waals surface area contributed by atoms with Gasteiger partial charge in [-0.15, -0.1) is 24.0 Å².